The van der Waals surface area contributed by atoms with Crippen LogP contribution in [-0.2, 0) is 11.3 Å². The number of nitrogens with zero attached hydrogens (tertiary/aromatic N) is 3. The lowest BCUT2D eigenvalue weighted by atomic mass is 9.96. The molecule has 1 aliphatic heterocycles. The van der Waals surface area contributed by atoms with Gasteiger partial charge in [-0.1, -0.05) is 0 Å². The van der Waals surface area contributed by atoms with Crippen molar-refractivity contribution < 1.29 is 18.0 Å². The van der Waals surface area contributed by atoms with E-state index in [1.807, 2.05) is 0 Å². The number of nitrogens with two attached hydrogens (primary N) is 1. The number of amides is 1. The third-order valence-corrected chi connectivity index (χ3v) is 3.26. The number of aromatic nitrogens is 2. The van der Waals surface area contributed by atoms with Crippen LogP contribution in [-0.4, -0.2) is 39.9 Å². The van der Waals surface area contributed by atoms with Crippen LogP contribution in [0.2, 0.25) is 0 Å². The summed E-state index contributed by atoms with van der Waals surface area (Å²) in [5.41, 5.74) is 5.91. The number of piperidine rings is 1. The smallest absolute Gasteiger partial charge is 0.391 e. The lowest BCUT2D eigenvalue weighted by Gasteiger charge is -2.32. The van der Waals surface area contributed by atoms with Gasteiger partial charge < -0.3 is 10.6 Å². The largest absolute Gasteiger partial charge is 0.396 e. The Labute approximate surface area is 108 Å². The number of carbonyl (C=O) groups excluding carboxylic acids is 1. The molecule has 2 N–H and O–H groups in total. The first-order chi connectivity index (χ1) is 8.86. The maximum absolute atomic E-state index is 12.5. The molecular formula is C11H15F3N4O. The molecule has 0 atom stereocenters. The Balaban J connectivity index is 1.86. The molecule has 2 rings (SSSR count). The summed E-state index contributed by atoms with van der Waals surface area (Å²) in [5, 5.41) is 3.87. The van der Waals surface area contributed by atoms with Crippen LogP contribution < -0.4 is 5.73 Å². The van der Waals surface area contributed by atoms with Crippen molar-refractivity contribution in [3.05, 3.63) is 12.4 Å². The number of carbonyl (C=O) groups is 1. The molecule has 0 aliphatic carbocycles. The zero-order chi connectivity index (χ0) is 14.0. The molecule has 1 aromatic heterocycles. The highest BCUT2D eigenvalue weighted by Gasteiger charge is 2.41. The van der Waals surface area contributed by atoms with Crippen LogP contribution in [0.5, 0.6) is 0 Å². The number of rotatable bonds is 2. The molecule has 1 aliphatic rings. The van der Waals surface area contributed by atoms with Gasteiger partial charge in [-0.05, 0) is 12.8 Å². The maximum Gasteiger partial charge on any atom is 0.391 e. The number of hydrogen-bond donors (Lipinski definition) is 1. The van der Waals surface area contributed by atoms with Crippen LogP contribution in [0.4, 0.5) is 18.9 Å². The minimum Gasteiger partial charge on any atom is -0.396 e. The van der Waals surface area contributed by atoms with E-state index in [1.165, 1.54) is 22.0 Å². The molecule has 1 aromatic rings. The number of likely N-dealkylation sites (tertiary alicyclic amines) is 1. The van der Waals surface area contributed by atoms with Crippen molar-refractivity contribution in [1.82, 2.24) is 14.7 Å². The van der Waals surface area contributed by atoms with E-state index >= 15 is 0 Å². The topological polar surface area (TPSA) is 64.1 Å². The van der Waals surface area contributed by atoms with Crippen molar-refractivity contribution in [2.75, 3.05) is 18.8 Å². The molecule has 1 saturated heterocycles. The number of alkyl halides is 3. The zero-order valence-electron chi connectivity index (χ0n) is 10.2. The third kappa shape index (κ3) is 3.39. The Morgan fingerprint density at radius 1 is 1.42 bits per heavy atom. The first kappa shape index (κ1) is 13.7. The Morgan fingerprint density at radius 3 is 2.53 bits per heavy atom. The van der Waals surface area contributed by atoms with Gasteiger partial charge >= 0.3 is 6.18 Å². The van der Waals surface area contributed by atoms with Crippen molar-refractivity contribution >= 4 is 11.6 Å². The number of halogens is 3. The molecule has 0 aromatic carbocycles. The van der Waals surface area contributed by atoms with Gasteiger partial charge in [0.15, 0.2) is 0 Å². The third-order valence-electron chi connectivity index (χ3n) is 3.26. The molecule has 19 heavy (non-hydrogen) atoms. The van der Waals surface area contributed by atoms with Crippen LogP contribution in [0.1, 0.15) is 12.8 Å². The highest BCUT2D eigenvalue weighted by molar-refractivity contribution is 5.76. The predicted molar refractivity (Wildman–Crippen MR) is 62.0 cm³/mol. The minimum absolute atomic E-state index is 0.00782. The lowest BCUT2D eigenvalue weighted by molar-refractivity contribution is -0.186. The molecule has 0 radical (unpaired) electrons. The molecule has 0 bridgehead atoms. The fourth-order valence-electron chi connectivity index (χ4n) is 2.16. The van der Waals surface area contributed by atoms with Gasteiger partial charge in [0.1, 0.15) is 6.54 Å². The van der Waals surface area contributed by atoms with E-state index in [1.54, 1.807) is 0 Å². The van der Waals surface area contributed by atoms with Crippen molar-refractivity contribution in [3.63, 3.8) is 0 Å². The summed E-state index contributed by atoms with van der Waals surface area (Å²) in [7, 11) is 0. The van der Waals surface area contributed by atoms with E-state index in [0.29, 0.717) is 5.69 Å². The van der Waals surface area contributed by atoms with E-state index in [2.05, 4.69) is 5.10 Å². The Morgan fingerprint density at radius 2 is 2.05 bits per heavy atom. The molecule has 2 heterocycles. The van der Waals surface area contributed by atoms with Crippen molar-refractivity contribution in [2.24, 2.45) is 5.92 Å². The summed E-state index contributed by atoms with van der Waals surface area (Å²) >= 11 is 0. The zero-order valence-corrected chi connectivity index (χ0v) is 10.2. The fraction of sp³-hybridized carbons (Fsp3) is 0.636. The highest BCUT2D eigenvalue weighted by Crippen LogP contribution is 2.34. The molecule has 8 heteroatoms. The second-order valence-electron chi connectivity index (χ2n) is 4.67. The van der Waals surface area contributed by atoms with E-state index in [9.17, 15) is 18.0 Å². The average Bonchev–Trinajstić information content (AvgIpc) is 2.74. The van der Waals surface area contributed by atoms with E-state index < -0.39 is 12.1 Å². The summed E-state index contributed by atoms with van der Waals surface area (Å²) in [5.74, 6) is -1.53. The molecule has 0 spiro atoms. The summed E-state index contributed by atoms with van der Waals surface area (Å²) in [6.45, 7) is 0.285. The van der Waals surface area contributed by atoms with Gasteiger partial charge in [0.25, 0.3) is 0 Å². The molecule has 5 nitrogen and oxygen atoms in total. The van der Waals surface area contributed by atoms with Crippen molar-refractivity contribution in [3.8, 4) is 0 Å². The molecular weight excluding hydrogens is 261 g/mol. The average molecular weight is 276 g/mol. The summed E-state index contributed by atoms with van der Waals surface area (Å²) in [6.07, 6.45) is -1.29. The second-order valence-corrected chi connectivity index (χ2v) is 4.67. The highest BCUT2D eigenvalue weighted by atomic mass is 19.4. The summed E-state index contributed by atoms with van der Waals surface area (Å²) < 4.78 is 38.8. The quantitative estimate of drug-likeness (QED) is 0.884. The van der Waals surface area contributed by atoms with Gasteiger partial charge in [0, 0.05) is 19.3 Å². The van der Waals surface area contributed by atoms with Crippen LogP contribution in [0.15, 0.2) is 12.4 Å². The summed E-state index contributed by atoms with van der Waals surface area (Å²) in [6, 6.07) is 0. The second kappa shape index (κ2) is 5.10. The van der Waals surface area contributed by atoms with Gasteiger partial charge in [0.05, 0.1) is 17.8 Å². The predicted octanol–water partition coefficient (Wildman–Crippen LogP) is 1.27. The van der Waals surface area contributed by atoms with Gasteiger partial charge in [-0.3, -0.25) is 9.48 Å². The Kier molecular flexibility index (Phi) is 3.68. The SMILES string of the molecule is Nc1cnn(CC(=O)N2CCC(C(F)(F)F)CC2)c1. The Bertz CT molecular complexity index is 449. The normalized spacial score (nSPS) is 17.7. The monoisotopic (exact) mass is 276 g/mol. The first-order valence-corrected chi connectivity index (χ1v) is 5.98. The maximum atomic E-state index is 12.5. The van der Waals surface area contributed by atoms with E-state index in [4.69, 9.17) is 5.73 Å². The molecule has 1 amide bonds. The van der Waals surface area contributed by atoms with Crippen LogP contribution in [0, 0.1) is 5.92 Å². The summed E-state index contributed by atoms with van der Waals surface area (Å²) in [4.78, 5) is 13.3. The van der Waals surface area contributed by atoms with Crippen LogP contribution >= 0.6 is 0 Å². The molecule has 1 fully saturated rings. The molecule has 106 valence electrons. The van der Waals surface area contributed by atoms with E-state index in [0.717, 1.165) is 0 Å². The van der Waals surface area contributed by atoms with Gasteiger partial charge in [-0.15, -0.1) is 0 Å². The number of anilines is 1. The van der Waals surface area contributed by atoms with Crippen LogP contribution in [0.25, 0.3) is 0 Å². The number of nitrogen functional groups attached to an aromatic ring is 1. The van der Waals surface area contributed by atoms with Gasteiger partial charge in [0.2, 0.25) is 5.91 Å². The molecule has 0 unspecified atom stereocenters. The van der Waals surface area contributed by atoms with Gasteiger partial charge in [-0.25, -0.2) is 0 Å². The number of hydrogen-bond acceptors (Lipinski definition) is 3. The van der Waals surface area contributed by atoms with Crippen molar-refractivity contribution in [1.29, 1.82) is 0 Å². The lowest BCUT2D eigenvalue weighted by Crippen LogP contribution is -2.43. The van der Waals surface area contributed by atoms with Gasteiger partial charge in [-0.2, -0.15) is 18.3 Å². The minimum atomic E-state index is -4.16. The standard InChI is InChI=1S/C11H15F3N4O/c12-11(13,14)8-1-3-17(4-2-8)10(19)7-18-6-9(15)5-16-18/h5-6,8H,1-4,7,15H2. The molecule has 0 saturated carbocycles. The van der Waals surface area contributed by atoms with Crippen molar-refractivity contribution in [2.45, 2.75) is 25.6 Å². The Hall–Kier alpha value is -1.73. The van der Waals surface area contributed by atoms with E-state index in [-0.39, 0.29) is 38.4 Å². The van der Waals surface area contributed by atoms with Crippen LogP contribution in [0.3, 0.4) is 0 Å². The first-order valence-electron chi connectivity index (χ1n) is 5.98. The fourth-order valence-corrected chi connectivity index (χ4v) is 2.16.